The molecule has 1 aromatic rings. The molecule has 0 bridgehead atoms. The van der Waals surface area contributed by atoms with Gasteiger partial charge in [-0.05, 0) is 57.6 Å². The number of carbonyl (C=O) groups is 1. The molecule has 0 fully saturated rings. The van der Waals surface area contributed by atoms with E-state index in [0.717, 1.165) is 5.71 Å². The molecule has 1 N–H and O–H groups in total. The lowest BCUT2D eigenvalue weighted by Crippen LogP contribution is -2.31. The summed E-state index contributed by atoms with van der Waals surface area (Å²) >= 11 is 0. The third kappa shape index (κ3) is 5.49. The lowest BCUT2D eigenvalue weighted by atomic mass is 9.75. The quantitative estimate of drug-likeness (QED) is 0.302. The van der Waals surface area contributed by atoms with Gasteiger partial charge in [0.2, 0.25) is 5.69 Å². The van der Waals surface area contributed by atoms with Gasteiger partial charge in [-0.2, -0.15) is 8.97 Å². The first-order valence-electron chi connectivity index (χ1n) is 10.6. The van der Waals surface area contributed by atoms with E-state index in [1.165, 1.54) is 0 Å². The van der Waals surface area contributed by atoms with Gasteiger partial charge >= 0.3 is 5.97 Å². The number of halogens is 2. The molecule has 174 valence electrons. The Hall–Kier alpha value is -1.87. The molecule has 0 amide bonds. The average molecular weight is 460 g/mol. The fourth-order valence-corrected chi connectivity index (χ4v) is 4.93. The molecular formula is C22H31F2NO5S. The fraction of sp³-hybridized carbons (Fsp3) is 0.636. The van der Waals surface area contributed by atoms with Gasteiger partial charge in [0.15, 0.2) is 11.5 Å². The number of carboxylic acid groups (broad SMARTS) is 1. The Labute approximate surface area is 182 Å². The van der Waals surface area contributed by atoms with Crippen molar-refractivity contribution >= 4 is 27.5 Å². The lowest BCUT2D eigenvalue weighted by molar-refractivity contribution is -0.442. The van der Waals surface area contributed by atoms with Crippen LogP contribution in [0.4, 0.5) is 14.5 Å². The van der Waals surface area contributed by atoms with Crippen molar-refractivity contribution in [3.05, 3.63) is 28.3 Å². The van der Waals surface area contributed by atoms with E-state index >= 15 is 8.78 Å². The summed E-state index contributed by atoms with van der Waals surface area (Å²) in [6.07, 6.45) is 2.79. The minimum Gasteiger partial charge on any atom is -0.748 e. The third-order valence-electron chi connectivity index (χ3n) is 6.50. The van der Waals surface area contributed by atoms with Crippen LogP contribution in [0.15, 0.2) is 0 Å². The molecule has 31 heavy (non-hydrogen) atoms. The van der Waals surface area contributed by atoms with Gasteiger partial charge in [0.05, 0.1) is 21.1 Å². The minimum atomic E-state index is -4.32. The van der Waals surface area contributed by atoms with E-state index in [4.69, 9.17) is 5.11 Å². The van der Waals surface area contributed by atoms with Crippen molar-refractivity contribution in [3.63, 3.8) is 0 Å². The Morgan fingerprint density at radius 1 is 1.03 bits per heavy atom. The maximum atomic E-state index is 15.4. The molecule has 0 aliphatic carbocycles. The highest BCUT2D eigenvalue weighted by molar-refractivity contribution is 7.85. The molecule has 0 radical (unpaired) electrons. The van der Waals surface area contributed by atoms with Crippen molar-refractivity contribution < 1.29 is 36.2 Å². The number of benzene rings is 1. The predicted molar refractivity (Wildman–Crippen MR) is 113 cm³/mol. The average Bonchev–Trinajstić information content (AvgIpc) is 2.89. The molecule has 0 saturated heterocycles. The van der Waals surface area contributed by atoms with Crippen molar-refractivity contribution in [1.29, 1.82) is 0 Å². The van der Waals surface area contributed by atoms with Gasteiger partial charge in [0.1, 0.15) is 12.4 Å². The van der Waals surface area contributed by atoms with Crippen LogP contribution in [0.1, 0.15) is 75.5 Å². The first kappa shape index (κ1) is 25.4. The van der Waals surface area contributed by atoms with E-state index in [-0.39, 0.29) is 35.2 Å². The van der Waals surface area contributed by atoms with Gasteiger partial charge in [-0.25, -0.2) is 12.8 Å². The predicted octanol–water partition coefficient (Wildman–Crippen LogP) is 4.32. The maximum Gasteiger partial charge on any atom is 0.303 e. The van der Waals surface area contributed by atoms with Crippen LogP contribution in [-0.4, -0.2) is 46.6 Å². The van der Waals surface area contributed by atoms with Gasteiger partial charge in [-0.1, -0.05) is 6.42 Å². The standard InChI is InChI=1S/C22H31F2NO5S/c1-14-15(2)20(24)21-18(19(14)23)22(4,11-7-9-13-31(28,29)30)16(3)25(21)12-8-5-6-10-17(26)27/h5-13H2,1-4H3,(H-,26,27,28,29,30). The summed E-state index contributed by atoms with van der Waals surface area (Å²) in [7, 11) is -4.32. The van der Waals surface area contributed by atoms with Gasteiger partial charge in [-0.3, -0.25) is 4.79 Å². The highest BCUT2D eigenvalue weighted by Crippen LogP contribution is 2.47. The zero-order valence-electron chi connectivity index (χ0n) is 18.6. The molecule has 1 atom stereocenters. The number of rotatable bonds is 11. The van der Waals surface area contributed by atoms with E-state index in [1.807, 2.05) is 13.8 Å². The summed E-state index contributed by atoms with van der Waals surface area (Å²) in [5, 5.41) is 8.78. The molecule has 1 heterocycles. The number of nitrogens with zero attached hydrogens (tertiary/aromatic N) is 1. The number of aliphatic carboxylic acids is 1. The number of hydrogen-bond donors (Lipinski definition) is 1. The van der Waals surface area contributed by atoms with Crippen molar-refractivity contribution in [2.45, 2.75) is 78.1 Å². The monoisotopic (exact) mass is 459 g/mol. The molecule has 0 aromatic heterocycles. The van der Waals surface area contributed by atoms with Crippen LogP contribution in [0.3, 0.4) is 0 Å². The first-order valence-corrected chi connectivity index (χ1v) is 12.1. The van der Waals surface area contributed by atoms with Crippen LogP contribution in [0.2, 0.25) is 0 Å². The van der Waals surface area contributed by atoms with E-state index in [2.05, 4.69) is 0 Å². The van der Waals surface area contributed by atoms with Gasteiger partial charge in [0, 0.05) is 25.5 Å². The molecular weight excluding hydrogens is 428 g/mol. The molecule has 0 saturated carbocycles. The number of unbranched alkanes of at least 4 members (excludes halogenated alkanes) is 3. The molecule has 9 heteroatoms. The Morgan fingerprint density at radius 2 is 1.65 bits per heavy atom. The smallest absolute Gasteiger partial charge is 0.303 e. The Bertz CT molecular complexity index is 1000. The van der Waals surface area contributed by atoms with Crippen LogP contribution >= 0.6 is 0 Å². The normalized spacial score (nSPS) is 18.5. The largest absolute Gasteiger partial charge is 0.748 e. The number of hydrogen-bond acceptors (Lipinski definition) is 4. The van der Waals surface area contributed by atoms with E-state index < -0.39 is 38.9 Å². The lowest BCUT2D eigenvalue weighted by Gasteiger charge is -2.23. The van der Waals surface area contributed by atoms with Gasteiger partial charge in [-0.15, -0.1) is 0 Å². The SMILES string of the molecule is CC1=[N+](CCCCCC(=O)O)c2c(F)c(C)c(C)c(F)c2C1(C)CCCCS(=O)(=O)[O-]. The van der Waals surface area contributed by atoms with Crippen molar-refractivity contribution in [2.24, 2.45) is 0 Å². The second kappa shape index (κ2) is 9.73. The second-order valence-electron chi connectivity index (χ2n) is 8.59. The zero-order chi connectivity index (χ0) is 23.6. The summed E-state index contributed by atoms with van der Waals surface area (Å²) in [5.41, 5.74) is 0.944. The summed E-state index contributed by atoms with van der Waals surface area (Å²) in [4.78, 5) is 10.7. The number of carboxylic acids is 1. The Balaban J connectivity index is 2.37. The summed E-state index contributed by atoms with van der Waals surface area (Å²) in [5.74, 6) is -2.27. The highest BCUT2D eigenvalue weighted by atomic mass is 32.2. The maximum absolute atomic E-state index is 15.4. The van der Waals surface area contributed by atoms with Crippen LogP contribution < -0.4 is 0 Å². The van der Waals surface area contributed by atoms with Crippen molar-refractivity contribution in [3.8, 4) is 0 Å². The first-order chi connectivity index (χ1) is 14.3. The summed E-state index contributed by atoms with van der Waals surface area (Å²) in [6.45, 7) is 7.17. The summed E-state index contributed by atoms with van der Waals surface area (Å²) < 4.78 is 65.2. The molecule has 2 rings (SSSR count). The molecule has 1 aromatic carbocycles. The fourth-order valence-electron chi connectivity index (χ4n) is 4.38. The zero-order valence-corrected chi connectivity index (χ0v) is 19.4. The van der Waals surface area contributed by atoms with Crippen LogP contribution in [-0.2, 0) is 20.3 Å². The molecule has 0 spiro atoms. The second-order valence-corrected chi connectivity index (χ2v) is 10.1. The topological polar surface area (TPSA) is 97.5 Å². The van der Waals surface area contributed by atoms with E-state index in [9.17, 15) is 17.8 Å². The molecule has 1 aliphatic heterocycles. The molecule has 1 unspecified atom stereocenters. The van der Waals surface area contributed by atoms with E-state index in [0.29, 0.717) is 38.6 Å². The van der Waals surface area contributed by atoms with Crippen LogP contribution in [0.5, 0.6) is 0 Å². The number of fused-ring (bicyclic) bond motifs is 1. The van der Waals surface area contributed by atoms with Crippen molar-refractivity contribution in [1.82, 2.24) is 0 Å². The molecule has 1 aliphatic rings. The van der Waals surface area contributed by atoms with Crippen LogP contribution in [0, 0.1) is 25.5 Å². The third-order valence-corrected chi connectivity index (χ3v) is 7.29. The van der Waals surface area contributed by atoms with E-state index in [1.54, 1.807) is 18.4 Å². The van der Waals surface area contributed by atoms with Gasteiger partial charge in [0.25, 0.3) is 0 Å². The Morgan fingerprint density at radius 3 is 2.23 bits per heavy atom. The van der Waals surface area contributed by atoms with Gasteiger partial charge < -0.3 is 9.66 Å². The Kier molecular flexibility index (Phi) is 7.97. The van der Waals surface area contributed by atoms with Crippen LogP contribution in [0.25, 0.3) is 0 Å². The highest BCUT2D eigenvalue weighted by Gasteiger charge is 2.50. The van der Waals surface area contributed by atoms with Crippen molar-refractivity contribution in [2.75, 3.05) is 12.3 Å². The molecule has 6 nitrogen and oxygen atoms in total. The summed E-state index contributed by atoms with van der Waals surface area (Å²) in [6, 6.07) is 0. The minimum absolute atomic E-state index is 0.0704.